The number of nitrogens with two attached hydrogens (primary N) is 1. The molecule has 0 aliphatic carbocycles. The van der Waals surface area contributed by atoms with E-state index in [-0.39, 0.29) is 11.3 Å². The van der Waals surface area contributed by atoms with Crippen molar-refractivity contribution in [1.82, 2.24) is 9.97 Å². The van der Waals surface area contributed by atoms with Crippen LogP contribution in [0.1, 0.15) is 58.8 Å². The van der Waals surface area contributed by atoms with Gasteiger partial charge in [-0.05, 0) is 19.3 Å². The Morgan fingerprint density at radius 3 is 2.10 bits per heavy atom. The number of anilines is 2. The van der Waals surface area contributed by atoms with Gasteiger partial charge >= 0.3 is 0 Å². The number of hydrogen-bond acceptors (Lipinski definition) is 5. The lowest BCUT2D eigenvalue weighted by Gasteiger charge is -2.37. The van der Waals surface area contributed by atoms with E-state index < -0.39 is 0 Å². The van der Waals surface area contributed by atoms with E-state index in [2.05, 4.69) is 63.9 Å². The van der Waals surface area contributed by atoms with E-state index >= 15 is 0 Å². The van der Waals surface area contributed by atoms with Crippen molar-refractivity contribution >= 4 is 11.6 Å². The molecule has 1 aromatic rings. The van der Waals surface area contributed by atoms with Crippen LogP contribution in [0.25, 0.3) is 0 Å². The molecular weight excluding hydrogens is 250 g/mol. The van der Waals surface area contributed by atoms with Gasteiger partial charge in [-0.25, -0.2) is 15.8 Å². The summed E-state index contributed by atoms with van der Waals surface area (Å²) in [5.74, 6) is 8.31. The Balaban J connectivity index is 3.32. The number of aromatic nitrogens is 2. The summed E-state index contributed by atoms with van der Waals surface area (Å²) < 4.78 is 0. The Bertz CT molecular complexity index is 462. The highest BCUT2D eigenvalue weighted by Gasteiger charge is 2.27. The Hall–Kier alpha value is -1.36. The summed E-state index contributed by atoms with van der Waals surface area (Å²) in [5.41, 5.74) is 3.83. The van der Waals surface area contributed by atoms with E-state index in [0.717, 1.165) is 17.2 Å². The van der Waals surface area contributed by atoms with Gasteiger partial charge in [0, 0.05) is 24.6 Å². The minimum atomic E-state index is 0.167. The average Bonchev–Trinajstić information content (AvgIpc) is 2.35. The van der Waals surface area contributed by atoms with Crippen molar-refractivity contribution in [3.63, 3.8) is 0 Å². The molecule has 0 bridgehead atoms. The fourth-order valence-electron chi connectivity index (χ4n) is 2.03. The van der Waals surface area contributed by atoms with Crippen molar-refractivity contribution in [2.75, 3.05) is 17.4 Å². The molecule has 5 nitrogen and oxygen atoms in total. The summed E-state index contributed by atoms with van der Waals surface area (Å²) in [6.07, 6.45) is 0. The molecule has 0 radical (unpaired) electrons. The zero-order valence-electron chi connectivity index (χ0n) is 14.1. The van der Waals surface area contributed by atoms with Crippen LogP contribution in [0.15, 0.2) is 0 Å². The molecule has 1 aromatic heterocycles. The van der Waals surface area contributed by atoms with Gasteiger partial charge < -0.3 is 10.3 Å². The third-order valence-electron chi connectivity index (χ3n) is 3.96. The molecule has 1 unspecified atom stereocenters. The molecule has 0 aliphatic heterocycles. The lowest BCUT2D eigenvalue weighted by Crippen LogP contribution is -2.40. The van der Waals surface area contributed by atoms with Crippen LogP contribution < -0.4 is 16.2 Å². The second kappa shape index (κ2) is 5.95. The highest BCUT2D eigenvalue weighted by Crippen LogP contribution is 2.31. The van der Waals surface area contributed by atoms with Crippen LogP contribution in [0.3, 0.4) is 0 Å². The van der Waals surface area contributed by atoms with E-state index in [9.17, 15) is 0 Å². The lowest BCUT2D eigenvalue weighted by molar-refractivity contribution is 0.328. The quantitative estimate of drug-likeness (QED) is 0.655. The van der Waals surface area contributed by atoms with E-state index in [1.54, 1.807) is 0 Å². The number of hydrazine groups is 1. The first-order chi connectivity index (χ1) is 9.09. The third kappa shape index (κ3) is 3.39. The first-order valence-corrected chi connectivity index (χ1v) is 7.17. The molecule has 5 heteroatoms. The molecule has 0 spiro atoms. The van der Waals surface area contributed by atoms with Crippen LogP contribution >= 0.6 is 0 Å². The SMILES string of the molecule is Cc1c(NN)nc(C(C)C)nc1N(C)C(C)C(C)(C)C. The second-order valence-corrected chi connectivity index (χ2v) is 6.83. The topological polar surface area (TPSA) is 67.1 Å². The van der Waals surface area contributed by atoms with Crippen molar-refractivity contribution in [3.8, 4) is 0 Å². The number of nitrogens with one attached hydrogen (secondary N) is 1. The zero-order valence-corrected chi connectivity index (χ0v) is 14.1. The predicted molar refractivity (Wildman–Crippen MR) is 86.0 cm³/mol. The maximum absolute atomic E-state index is 5.59. The molecule has 0 aliphatic rings. The fourth-order valence-corrected chi connectivity index (χ4v) is 2.03. The molecule has 0 saturated heterocycles. The minimum absolute atomic E-state index is 0.167. The van der Waals surface area contributed by atoms with Crippen molar-refractivity contribution in [1.29, 1.82) is 0 Å². The van der Waals surface area contributed by atoms with E-state index in [1.807, 2.05) is 6.92 Å². The molecular formula is C15H29N5. The Morgan fingerprint density at radius 2 is 1.70 bits per heavy atom. The van der Waals surface area contributed by atoms with Crippen LogP contribution in [0.5, 0.6) is 0 Å². The number of nitrogen functional groups attached to an aromatic ring is 1. The first kappa shape index (κ1) is 16.7. The van der Waals surface area contributed by atoms with Gasteiger partial charge in [0.05, 0.1) is 0 Å². The molecule has 0 amide bonds. The lowest BCUT2D eigenvalue weighted by atomic mass is 9.87. The Kier molecular flexibility index (Phi) is 4.97. The second-order valence-electron chi connectivity index (χ2n) is 6.83. The molecule has 1 rings (SSSR count). The minimum Gasteiger partial charge on any atom is -0.356 e. The van der Waals surface area contributed by atoms with Gasteiger partial charge in [0.2, 0.25) is 0 Å². The third-order valence-corrected chi connectivity index (χ3v) is 3.96. The van der Waals surface area contributed by atoms with Gasteiger partial charge in [-0.3, -0.25) is 0 Å². The van der Waals surface area contributed by atoms with Crippen molar-refractivity contribution in [2.24, 2.45) is 11.3 Å². The summed E-state index contributed by atoms with van der Waals surface area (Å²) in [4.78, 5) is 11.4. The molecule has 0 fully saturated rings. The average molecular weight is 279 g/mol. The van der Waals surface area contributed by atoms with Crippen LogP contribution in [0.4, 0.5) is 11.6 Å². The van der Waals surface area contributed by atoms with Gasteiger partial charge in [-0.15, -0.1) is 0 Å². The smallest absolute Gasteiger partial charge is 0.148 e. The van der Waals surface area contributed by atoms with Crippen LogP contribution in [0.2, 0.25) is 0 Å². The predicted octanol–water partition coefficient (Wildman–Crippen LogP) is 3.06. The van der Waals surface area contributed by atoms with Crippen LogP contribution in [0, 0.1) is 12.3 Å². The maximum Gasteiger partial charge on any atom is 0.148 e. The van der Waals surface area contributed by atoms with Crippen LogP contribution in [-0.4, -0.2) is 23.1 Å². The number of nitrogens with zero attached hydrogens (tertiary/aromatic N) is 3. The molecule has 1 heterocycles. The molecule has 20 heavy (non-hydrogen) atoms. The van der Waals surface area contributed by atoms with E-state index in [0.29, 0.717) is 11.9 Å². The standard InChI is InChI=1S/C15H29N5/c1-9(2)12-17-13(19-16)10(3)14(18-12)20(8)11(4)15(5,6)7/h9,11H,16H2,1-8H3,(H,17,18,19). The summed E-state index contributed by atoms with van der Waals surface area (Å²) in [5, 5.41) is 0. The Labute approximate surface area is 123 Å². The largest absolute Gasteiger partial charge is 0.356 e. The maximum atomic E-state index is 5.59. The molecule has 1 atom stereocenters. The van der Waals surface area contributed by atoms with Gasteiger partial charge in [-0.2, -0.15) is 0 Å². The summed E-state index contributed by atoms with van der Waals surface area (Å²) >= 11 is 0. The number of rotatable bonds is 4. The van der Waals surface area contributed by atoms with Crippen molar-refractivity contribution < 1.29 is 0 Å². The van der Waals surface area contributed by atoms with Crippen molar-refractivity contribution in [3.05, 3.63) is 11.4 Å². The van der Waals surface area contributed by atoms with Gasteiger partial charge in [-0.1, -0.05) is 34.6 Å². The zero-order chi connectivity index (χ0) is 15.7. The summed E-state index contributed by atoms with van der Waals surface area (Å²) in [6, 6.07) is 0.349. The summed E-state index contributed by atoms with van der Waals surface area (Å²) in [7, 11) is 2.08. The normalized spacial score (nSPS) is 13.5. The van der Waals surface area contributed by atoms with Gasteiger partial charge in [0.15, 0.2) is 0 Å². The van der Waals surface area contributed by atoms with E-state index in [1.165, 1.54) is 0 Å². The highest BCUT2D eigenvalue weighted by atomic mass is 15.3. The first-order valence-electron chi connectivity index (χ1n) is 7.17. The van der Waals surface area contributed by atoms with Gasteiger partial charge in [0.1, 0.15) is 17.5 Å². The highest BCUT2D eigenvalue weighted by molar-refractivity contribution is 5.58. The molecule has 0 aromatic carbocycles. The van der Waals surface area contributed by atoms with Crippen molar-refractivity contribution in [2.45, 2.75) is 60.4 Å². The molecule has 3 N–H and O–H groups in total. The molecule has 0 saturated carbocycles. The van der Waals surface area contributed by atoms with Gasteiger partial charge in [0.25, 0.3) is 0 Å². The Morgan fingerprint density at radius 1 is 1.15 bits per heavy atom. The number of hydrogen-bond donors (Lipinski definition) is 2. The fraction of sp³-hybridized carbons (Fsp3) is 0.733. The molecule has 114 valence electrons. The van der Waals surface area contributed by atoms with E-state index in [4.69, 9.17) is 10.8 Å². The monoisotopic (exact) mass is 279 g/mol. The van der Waals surface area contributed by atoms with Crippen LogP contribution in [-0.2, 0) is 0 Å². The summed E-state index contributed by atoms with van der Waals surface area (Å²) in [6.45, 7) is 15.1.